The second-order valence-corrected chi connectivity index (χ2v) is 6.85. The van der Waals surface area contributed by atoms with Crippen LogP contribution in [-0.4, -0.2) is 22.3 Å². The van der Waals surface area contributed by atoms with Crippen LogP contribution in [0, 0.1) is 11.3 Å². The molecule has 0 spiro atoms. The van der Waals surface area contributed by atoms with Crippen molar-refractivity contribution in [3.05, 3.63) is 11.6 Å². The lowest BCUT2D eigenvalue weighted by molar-refractivity contribution is 0.412. The molecule has 1 aliphatic rings. The Bertz CT molecular complexity index is 381. The Balaban J connectivity index is 1.67. The Morgan fingerprint density at radius 3 is 3.12 bits per heavy atom. The number of nitrogens with zero attached hydrogens (tertiary/aromatic N) is 2. The molecular formula is C12H17N3S2. The predicted molar refractivity (Wildman–Crippen MR) is 72.2 cm³/mol. The Labute approximate surface area is 111 Å². The number of nitriles is 1. The van der Waals surface area contributed by atoms with Gasteiger partial charge in [-0.2, -0.15) is 5.26 Å². The van der Waals surface area contributed by atoms with Gasteiger partial charge in [-0.25, -0.2) is 4.98 Å². The normalized spacial score (nSPS) is 18.6. The molecule has 1 N–H and O–H groups in total. The van der Waals surface area contributed by atoms with E-state index in [0.717, 1.165) is 22.9 Å². The van der Waals surface area contributed by atoms with Gasteiger partial charge in [0, 0.05) is 23.4 Å². The van der Waals surface area contributed by atoms with Crippen LogP contribution in [0.5, 0.6) is 0 Å². The van der Waals surface area contributed by atoms with E-state index in [-0.39, 0.29) is 5.54 Å². The van der Waals surface area contributed by atoms with Gasteiger partial charge in [-0.3, -0.25) is 5.32 Å². The largest absolute Gasteiger partial charge is 0.297 e. The Morgan fingerprint density at radius 1 is 1.71 bits per heavy atom. The van der Waals surface area contributed by atoms with Crippen molar-refractivity contribution in [2.75, 3.05) is 5.75 Å². The third-order valence-electron chi connectivity index (χ3n) is 2.80. The van der Waals surface area contributed by atoms with E-state index in [9.17, 15) is 5.26 Å². The molecule has 3 nitrogen and oxygen atoms in total. The molecule has 1 aliphatic carbocycles. The maximum atomic E-state index is 9.22. The first-order valence-corrected chi connectivity index (χ1v) is 7.80. The highest BCUT2D eigenvalue weighted by Crippen LogP contribution is 2.26. The van der Waals surface area contributed by atoms with Crippen molar-refractivity contribution in [3.8, 4) is 6.07 Å². The lowest BCUT2D eigenvalue weighted by Gasteiger charge is -2.22. The number of thiazole rings is 1. The van der Waals surface area contributed by atoms with E-state index in [1.807, 2.05) is 18.5 Å². The second-order valence-electron chi connectivity index (χ2n) is 4.61. The fraction of sp³-hybridized carbons (Fsp3) is 0.667. The zero-order chi connectivity index (χ0) is 12.1. The minimum absolute atomic E-state index is 0.343. The van der Waals surface area contributed by atoms with Gasteiger partial charge in [0.25, 0.3) is 0 Å². The van der Waals surface area contributed by atoms with Crippen molar-refractivity contribution in [1.29, 1.82) is 5.26 Å². The van der Waals surface area contributed by atoms with Crippen molar-refractivity contribution in [2.45, 2.75) is 48.5 Å². The van der Waals surface area contributed by atoms with Crippen molar-refractivity contribution in [3.63, 3.8) is 0 Å². The fourth-order valence-corrected chi connectivity index (χ4v) is 3.35. The predicted octanol–water partition coefficient (Wildman–Crippen LogP) is 3.05. The Morgan fingerprint density at radius 2 is 2.53 bits per heavy atom. The average molecular weight is 267 g/mol. The molecule has 0 aliphatic heterocycles. The zero-order valence-electron chi connectivity index (χ0n) is 9.98. The molecule has 0 saturated heterocycles. The van der Waals surface area contributed by atoms with Gasteiger partial charge in [0.2, 0.25) is 0 Å². The van der Waals surface area contributed by atoms with Crippen molar-refractivity contribution >= 4 is 23.1 Å². The number of thioether (sulfide) groups is 1. The second kappa shape index (κ2) is 5.85. The molecule has 1 fully saturated rings. The third-order valence-corrected chi connectivity index (χ3v) is 4.86. The molecule has 1 saturated carbocycles. The quantitative estimate of drug-likeness (QED) is 0.609. The molecule has 1 atom stereocenters. The monoisotopic (exact) mass is 267 g/mol. The fourth-order valence-electron chi connectivity index (χ4n) is 1.71. The van der Waals surface area contributed by atoms with Crippen LogP contribution in [0.2, 0.25) is 0 Å². The van der Waals surface area contributed by atoms with Crippen LogP contribution < -0.4 is 5.32 Å². The summed E-state index contributed by atoms with van der Waals surface area (Å²) in [5.74, 6) is 1.04. The van der Waals surface area contributed by atoms with Gasteiger partial charge in [-0.05, 0) is 32.6 Å². The number of hydrogen-bond donors (Lipinski definition) is 1. The molecule has 0 amide bonds. The van der Waals surface area contributed by atoms with Crippen LogP contribution in [0.4, 0.5) is 0 Å². The first kappa shape index (κ1) is 12.9. The molecule has 0 aromatic carbocycles. The first-order chi connectivity index (χ1) is 8.22. The smallest absolute Gasteiger partial charge is 0.149 e. The molecule has 92 valence electrons. The molecule has 1 heterocycles. The summed E-state index contributed by atoms with van der Waals surface area (Å²) in [6.45, 7) is 2.01. The summed E-state index contributed by atoms with van der Waals surface area (Å²) in [5.41, 5.74) is -0.343. The van der Waals surface area contributed by atoms with Gasteiger partial charge in [-0.1, -0.05) is 11.8 Å². The molecule has 5 heteroatoms. The van der Waals surface area contributed by atoms with E-state index in [2.05, 4.69) is 16.4 Å². The summed E-state index contributed by atoms with van der Waals surface area (Å²) in [7, 11) is 0. The van der Waals surface area contributed by atoms with Crippen LogP contribution in [0.25, 0.3) is 0 Å². The summed E-state index contributed by atoms with van der Waals surface area (Å²) in [5, 5.41) is 14.6. The van der Waals surface area contributed by atoms with Gasteiger partial charge >= 0.3 is 0 Å². The van der Waals surface area contributed by atoms with E-state index < -0.39 is 0 Å². The Hall–Kier alpha value is -0.570. The van der Waals surface area contributed by atoms with Crippen molar-refractivity contribution in [2.24, 2.45) is 0 Å². The van der Waals surface area contributed by atoms with Gasteiger partial charge in [0.1, 0.15) is 9.88 Å². The number of aromatic nitrogens is 1. The van der Waals surface area contributed by atoms with Gasteiger partial charge in [-0.15, -0.1) is 11.3 Å². The average Bonchev–Trinajstić information content (AvgIpc) is 2.97. The molecule has 17 heavy (non-hydrogen) atoms. The first-order valence-electron chi connectivity index (χ1n) is 5.93. The lowest BCUT2D eigenvalue weighted by Crippen LogP contribution is -2.42. The molecule has 0 radical (unpaired) electrons. The molecule has 1 aromatic rings. The maximum absolute atomic E-state index is 9.22. The summed E-state index contributed by atoms with van der Waals surface area (Å²) < 4.78 is 1.12. The molecular weight excluding hydrogens is 250 g/mol. The van der Waals surface area contributed by atoms with Gasteiger partial charge in [0.05, 0.1) is 6.07 Å². The maximum Gasteiger partial charge on any atom is 0.149 e. The highest BCUT2D eigenvalue weighted by atomic mass is 32.2. The van der Waals surface area contributed by atoms with E-state index in [1.165, 1.54) is 12.8 Å². The lowest BCUT2D eigenvalue weighted by atomic mass is 9.98. The number of nitrogens with one attached hydrogen (secondary N) is 1. The van der Waals surface area contributed by atoms with E-state index in [0.29, 0.717) is 6.04 Å². The molecule has 2 rings (SSSR count). The number of rotatable bonds is 7. The molecule has 0 bridgehead atoms. The standard InChI is InChI=1S/C12H17N3S2/c1-12(9-13,15-10-3-4-10)5-2-7-16-11-14-6-8-17-11/h6,8,10,15H,2-5,7H2,1H3. The van der Waals surface area contributed by atoms with E-state index >= 15 is 0 Å². The minimum Gasteiger partial charge on any atom is -0.297 e. The van der Waals surface area contributed by atoms with Crippen molar-refractivity contribution < 1.29 is 0 Å². The van der Waals surface area contributed by atoms with Crippen LogP contribution in [0.3, 0.4) is 0 Å². The molecule has 1 aromatic heterocycles. The van der Waals surface area contributed by atoms with Crippen LogP contribution in [0.15, 0.2) is 15.9 Å². The van der Waals surface area contributed by atoms with Crippen LogP contribution >= 0.6 is 23.1 Å². The molecule has 1 unspecified atom stereocenters. The summed E-state index contributed by atoms with van der Waals surface area (Å²) in [6.07, 6.45) is 6.25. The highest BCUT2D eigenvalue weighted by Gasteiger charge is 2.31. The highest BCUT2D eigenvalue weighted by molar-refractivity contribution is 8.00. The zero-order valence-corrected chi connectivity index (χ0v) is 11.6. The summed E-state index contributed by atoms with van der Waals surface area (Å²) in [4.78, 5) is 4.23. The third kappa shape index (κ3) is 4.30. The van der Waals surface area contributed by atoms with Gasteiger partial charge < -0.3 is 0 Å². The summed E-state index contributed by atoms with van der Waals surface area (Å²) in [6, 6.07) is 3.00. The van der Waals surface area contributed by atoms with Crippen molar-refractivity contribution in [1.82, 2.24) is 10.3 Å². The topological polar surface area (TPSA) is 48.7 Å². The van der Waals surface area contributed by atoms with E-state index in [1.54, 1.807) is 23.1 Å². The van der Waals surface area contributed by atoms with Crippen LogP contribution in [0.1, 0.15) is 32.6 Å². The Kier molecular flexibility index (Phi) is 4.43. The summed E-state index contributed by atoms with van der Waals surface area (Å²) >= 11 is 3.46. The van der Waals surface area contributed by atoms with E-state index in [4.69, 9.17) is 0 Å². The minimum atomic E-state index is -0.343. The number of hydrogen-bond acceptors (Lipinski definition) is 5. The van der Waals surface area contributed by atoms with Gasteiger partial charge in [0.15, 0.2) is 0 Å². The van der Waals surface area contributed by atoms with Crippen LogP contribution in [-0.2, 0) is 0 Å². The SMILES string of the molecule is CC(C#N)(CCCSc1nccs1)NC1CC1.